The fraction of sp³-hybridized carbons (Fsp3) is 0.467. The molecule has 0 atom stereocenters. The van der Waals surface area contributed by atoms with E-state index in [4.69, 9.17) is 10.9 Å². The van der Waals surface area contributed by atoms with Crippen LogP contribution in [0.5, 0.6) is 0 Å². The number of rotatable bonds is 4. The minimum atomic E-state index is 0.0133. The zero-order valence-electron chi connectivity index (χ0n) is 12.2. The van der Waals surface area contributed by atoms with Crippen LogP contribution in [0.2, 0.25) is 0 Å². The van der Waals surface area contributed by atoms with E-state index in [1.54, 1.807) is 24.1 Å². The summed E-state index contributed by atoms with van der Waals surface area (Å²) in [6.07, 6.45) is 2.76. The van der Waals surface area contributed by atoms with Gasteiger partial charge in [-0.15, -0.1) is 0 Å². The van der Waals surface area contributed by atoms with E-state index in [-0.39, 0.29) is 11.7 Å². The van der Waals surface area contributed by atoms with Crippen molar-refractivity contribution in [3.8, 4) is 0 Å². The molecule has 0 aliphatic carbocycles. The highest BCUT2D eigenvalue weighted by Gasteiger charge is 2.21. The Morgan fingerprint density at radius 1 is 1.43 bits per heavy atom. The predicted octanol–water partition coefficient (Wildman–Crippen LogP) is 2.28. The summed E-state index contributed by atoms with van der Waals surface area (Å²) in [5.41, 5.74) is 6.91. The number of amides is 1. The van der Waals surface area contributed by atoms with Crippen LogP contribution in [-0.4, -0.2) is 35.5 Å². The SMILES string of the molecule is CN(C(=O)CC1CCSCC1)c1ccccc1/C(N)=N/O. The number of thioether (sulfide) groups is 1. The maximum atomic E-state index is 12.5. The molecule has 6 heteroatoms. The lowest BCUT2D eigenvalue weighted by molar-refractivity contribution is -0.119. The highest BCUT2D eigenvalue weighted by molar-refractivity contribution is 7.99. The molecule has 1 saturated heterocycles. The highest BCUT2D eigenvalue weighted by Crippen LogP contribution is 2.27. The van der Waals surface area contributed by atoms with E-state index < -0.39 is 0 Å². The molecule has 3 N–H and O–H groups in total. The van der Waals surface area contributed by atoms with Crippen molar-refractivity contribution in [2.24, 2.45) is 16.8 Å². The Morgan fingerprint density at radius 2 is 2.10 bits per heavy atom. The number of nitrogens with zero attached hydrogens (tertiary/aromatic N) is 2. The average Bonchev–Trinajstić information content (AvgIpc) is 2.54. The topological polar surface area (TPSA) is 78.9 Å². The monoisotopic (exact) mass is 307 g/mol. The van der Waals surface area contributed by atoms with Crippen LogP contribution in [0.25, 0.3) is 0 Å². The molecule has 1 amide bonds. The third-order valence-corrected chi connectivity index (χ3v) is 4.88. The number of anilines is 1. The number of carbonyl (C=O) groups is 1. The maximum absolute atomic E-state index is 12.5. The second-order valence-electron chi connectivity index (χ2n) is 5.22. The van der Waals surface area contributed by atoms with Crippen LogP contribution in [-0.2, 0) is 4.79 Å². The van der Waals surface area contributed by atoms with Crippen molar-refractivity contribution in [3.05, 3.63) is 29.8 Å². The summed E-state index contributed by atoms with van der Waals surface area (Å²) >= 11 is 1.95. The molecule has 0 spiro atoms. The lowest BCUT2D eigenvalue weighted by Gasteiger charge is -2.25. The molecule has 0 bridgehead atoms. The van der Waals surface area contributed by atoms with E-state index in [0.717, 1.165) is 24.3 Å². The normalized spacial score (nSPS) is 16.7. The van der Waals surface area contributed by atoms with E-state index in [1.165, 1.54) is 0 Å². The summed E-state index contributed by atoms with van der Waals surface area (Å²) < 4.78 is 0. The third kappa shape index (κ3) is 3.91. The first-order valence-corrected chi connectivity index (χ1v) is 8.20. The van der Waals surface area contributed by atoms with Gasteiger partial charge in [-0.2, -0.15) is 11.8 Å². The predicted molar refractivity (Wildman–Crippen MR) is 87.0 cm³/mol. The molecule has 0 unspecified atom stereocenters. The molecular formula is C15H21N3O2S. The molecule has 0 saturated carbocycles. The Balaban J connectivity index is 2.11. The molecule has 21 heavy (non-hydrogen) atoms. The van der Waals surface area contributed by atoms with Gasteiger partial charge >= 0.3 is 0 Å². The number of amidine groups is 1. The van der Waals surface area contributed by atoms with Crippen molar-refractivity contribution in [2.75, 3.05) is 23.5 Å². The summed E-state index contributed by atoms with van der Waals surface area (Å²) in [6.45, 7) is 0. The van der Waals surface area contributed by atoms with Crippen LogP contribution in [0.4, 0.5) is 5.69 Å². The Hall–Kier alpha value is -1.69. The van der Waals surface area contributed by atoms with Crippen LogP contribution in [0.3, 0.4) is 0 Å². The van der Waals surface area contributed by atoms with E-state index >= 15 is 0 Å². The molecule has 1 aromatic carbocycles. The van der Waals surface area contributed by atoms with Gasteiger partial charge < -0.3 is 15.8 Å². The summed E-state index contributed by atoms with van der Waals surface area (Å²) in [6, 6.07) is 7.19. The van der Waals surface area contributed by atoms with Crippen molar-refractivity contribution in [1.29, 1.82) is 0 Å². The van der Waals surface area contributed by atoms with Crippen LogP contribution in [0.1, 0.15) is 24.8 Å². The molecule has 0 aromatic heterocycles. The second kappa shape index (κ2) is 7.36. The van der Waals surface area contributed by atoms with Gasteiger partial charge in [0.1, 0.15) is 0 Å². The number of hydrogen-bond acceptors (Lipinski definition) is 4. The van der Waals surface area contributed by atoms with Crippen molar-refractivity contribution >= 4 is 29.2 Å². The molecule has 0 radical (unpaired) electrons. The minimum absolute atomic E-state index is 0.0133. The van der Waals surface area contributed by atoms with Gasteiger partial charge in [-0.05, 0) is 42.4 Å². The Bertz CT molecular complexity index is 527. The highest BCUT2D eigenvalue weighted by atomic mass is 32.2. The van der Waals surface area contributed by atoms with Gasteiger partial charge in [0.15, 0.2) is 5.84 Å². The molecule has 2 rings (SSSR count). The van der Waals surface area contributed by atoms with Crippen LogP contribution in [0.15, 0.2) is 29.4 Å². The zero-order chi connectivity index (χ0) is 15.2. The number of benzene rings is 1. The molecule has 1 heterocycles. The molecule has 1 aromatic rings. The van der Waals surface area contributed by atoms with Crippen molar-refractivity contribution in [1.82, 2.24) is 0 Å². The van der Waals surface area contributed by atoms with Crippen LogP contribution in [0, 0.1) is 5.92 Å². The van der Waals surface area contributed by atoms with Crippen LogP contribution >= 0.6 is 11.8 Å². The van der Waals surface area contributed by atoms with Crippen molar-refractivity contribution in [3.63, 3.8) is 0 Å². The van der Waals surface area contributed by atoms with Gasteiger partial charge in [-0.1, -0.05) is 17.3 Å². The fourth-order valence-corrected chi connectivity index (χ4v) is 3.71. The summed E-state index contributed by atoms with van der Waals surface area (Å²) in [5.74, 6) is 2.84. The third-order valence-electron chi connectivity index (χ3n) is 3.83. The number of para-hydroxylation sites is 1. The van der Waals surface area contributed by atoms with Gasteiger partial charge in [0, 0.05) is 19.0 Å². The van der Waals surface area contributed by atoms with Crippen molar-refractivity contribution < 1.29 is 10.0 Å². The van der Waals surface area contributed by atoms with Gasteiger partial charge in [0.2, 0.25) is 5.91 Å². The van der Waals surface area contributed by atoms with E-state index in [2.05, 4.69) is 5.16 Å². The summed E-state index contributed by atoms with van der Waals surface area (Å²) in [4.78, 5) is 14.1. The average molecular weight is 307 g/mol. The second-order valence-corrected chi connectivity index (χ2v) is 6.44. The number of carbonyl (C=O) groups excluding carboxylic acids is 1. The summed E-state index contributed by atoms with van der Waals surface area (Å²) in [7, 11) is 1.74. The zero-order valence-corrected chi connectivity index (χ0v) is 13.0. The summed E-state index contributed by atoms with van der Waals surface area (Å²) in [5, 5.41) is 11.9. The first-order chi connectivity index (χ1) is 10.1. The van der Waals surface area contributed by atoms with Crippen molar-refractivity contribution in [2.45, 2.75) is 19.3 Å². The first-order valence-electron chi connectivity index (χ1n) is 7.04. The van der Waals surface area contributed by atoms with E-state index in [0.29, 0.717) is 23.6 Å². The number of nitrogens with two attached hydrogens (primary N) is 1. The number of oxime groups is 1. The quantitative estimate of drug-likeness (QED) is 0.387. The van der Waals surface area contributed by atoms with E-state index in [9.17, 15) is 4.79 Å². The largest absolute Gasteiger partial charge is 0.409 e. The molecule has 1 fully saturated rings. The smallest absolute Gasteiger partial charge is 0.227 e. The van der Waals surface area contributed by atoms with Crippen LogP contribution < -0.4 is 10.6 Å². The van der Waals surface area contributed by atoms with E-state index in [1.807, 2.05) is 23.9 Å². The van der Waals surface area contributed by atoms with Gasteiger partial charge in [-0.3, -0.25) is 4.79 Å². The molecule has 1 aliphatic heterocycles. The fourth-order valence-electron chi connectivity index (χ4n) is 2.51. The molecule has 1 aliphatic rings. The standard InChI is InChI=1S/C15H21N3O2S/c1-18(14(19)10-11-6-8-21-9-7-11)13-5-3-2-4-12(13)15(16)17-20/h2-5,11,20H,6-10H2,1H3,(H2,16,17). The minimum Gasteiger partial charge on any atom is -0.409 e. The molecule has 114 valence electrons. The Kier molecular flexibility index (Phi) is 5.50. The number of hydrogen-bond donors (Lipinski definition) is 2. The maximum Gasteiger partial charge on any atom is 0.227 e. The lowest BCUT2D eigenvalue weighted by atomic mass is 9.98. The Labute approximate surface area is 129 Å². The first kappa shape index (κ1) is 15.7. The van der Waals surface area contributed by atoms with Gasteiger partial charge in [-0.25, -0.2) is 0 Å². The lowest BCUT2D eigenvalue weighted by Crippen LogP contribution is -2.31. The Morgan fingerprint density at radius 3 is 2.76 bits per heavy atom. The molecule has 5 nitrogen and oxygen atoms in total. The van der Waals surface area contributed by atoms with Gasteiger partial charge in [0.25, 0.3) is 0 Å². The molecular weight excluding hydrogens is 286 g/mol. The van der Waals surface area contributed by atoms with Gasteiger partial charge in [0.05, 0.1) is 5.69 Å².